The number of fused-ring (bicyclic) bond motifs is 1. The molecule has 1 fully saturated rings. The summed E-state index contributed by atoms with van der Waals surface area (Å²) in [4.78, 5) is 17.5. The molecule has 3 heterocycles. The van der Waals surface area contributed by atoms with Gasteiger partial charge in [-0.3, -0.25) is 4.79 Å². The molecule has 0 atom stereocenters. The monoisotopic (exact) mass is 352 g/mol. The van der Waals surface area contributed by atoms with Crippen LogP contribution in [0.4, 0.5) is 5.82 Å². The first-order valence-corrected chi connectivity index (χ1v) is 9.24. The standard InChI is InChI=1S/C19H24N6O/c1-12(2)24-18-14(11-21-24)10-16(13(3)22-18)19(26)23-17-8-9-20-25(17)15-6-4-5-7-15/h8-12,15H,4-7H2,1-3H3,(H,23,26). The van der Waals surface area contributed by atoms with Crippen LogP contribution in [-0.2, 0) is 0 Å². The molecule has 4 rings (SSSR count). The van der Waals surface area contributed by atoms with E-state index in [1.54, 1.807) is 12.4 Å². The second-order valence-corrected chi connectivity index (χ2v) is 7.27. The zero-order chi connectivity index (χ0) is 18.3. The highest BCUT2D eigenvalue weighted by Gasteiger charge is 2.22. The lowest BCUT2D eigenvalue weighted by Crippen LogP contribution is -2.19. The van der Waals surface area contributed by atoms with Gasteiger partial charge in [0.25, 0.3) is 5.91 Å². The minimum atomic E-state index is -0.158. The van der Waals surface area contributed by atoms with Crippen molar-refractivity contribution in [2.24, 2.45) is 0 Å². The van der Waals surface area contributed by atoms with Gasteiger partial charge in [0.05, 0.1) is 29.7 Å². The highest BCUT2D eigenvalue weighted by Crippen LogP contribution is 2.31. The molecular formula is C19H24N6O. The Kier molecular flexibility index (Phi) is 4.22. The van der Waals surface area contributed by atoms with Crippen molar-refractivity contribution in [1.29, 1.82) is 0 Å². The number of anilines is 1. The Hall–Kier alpha value is -2.70. The fourth-order valence-electron chi connectivity index (χ4n) is 3.71. The minimum Gasteiger partial charge on any atom is -0.307 e. The van der Waals surface area contributed by atoms with Crippen LogP contribution >= 0.6 is 0 Å². The number of amides is 1. The van der Waals surface area contributed by atoms with Gasteiger partial charge in [-0.25, -0.2) is 14.3 Å². The van der Waals surface area contributed by atoms with Crippen LogP contribution in [0.5, 0.6) is 0 Å². The Bertz CT molecular complexity index is 948. The van der Waals surface area contributed by atoms with E-state index in [2.05, 4.69) is 34.3 Å². The Balaban J connectivity index is 1.63. The molecule has 1 saturated carbocycles. The molecule has 1 amide bonds. The van der Waals surface area contributed by atoms with E-state index in [9.17, 15) is 4.79 Å². The van der Waals surface area contributed by atoms with Crippen LogP contribution in [0.3, 0.4) is 0 Å². The Labute approximate surface area is 152 Å². The van der Waals surface area contributed by atoms with Crippen molar-refractivity contribution >= 4 is 22.8 Å². The zero-order valence-electron chi connectivity index (χ0n) is 15.4. The molecule has 3 aromatic heterocycles. The number of aryl methyl sites for hydroxylation is 1. The second-order valence-electron chi connectivity index (χ2n) is 7.27. The summed E-state index contributed by atoms with van der Waals surface area (Å²) in [7, 11) is 0. The van der Waals surface area contributed by atoms with Crippen molar-refractivity contribution in [3.8, 4) is 0 Å². The third-order valence-corrected chi connectivity index (χ3v) is 5.08. The number of rotatable bonds is 4. The number of nitrogens with one attached hydrogen (secondary N) is 1. The molecule has 1 N–H and O–H groups in total. The summed E-state index contributed by atoms with van der Waals surface area (Å²) in [6.07, 6.45) is 8.18. The molecule has 1 aliphatic carbocycles. The van der Waals surface area contributed by atoms with E-state index in [0.29, 0.717) is 17.3 Å². The molecule has 1 aliphatic rings. The van der Waals surface area contributed by atoms with Gasteiger partial charge in [0.1, 0.15) is 5.82 Å². The van der Waals surface area contributed by atoms with E-state index >= 15 is 0 Å². The predicted octanol–water partition coefficient (Wildman–Crippen LogP) is 3.88. The van der Waals surface area contributed by atoms with E-state index in [0.717, 1.165) is 29.7 Å². The van der Waals surface area contributed by atoms with Gasteiger partial charge in [-0.1, -0.05) is 12.8 Å². The first kappa shape index (κ1) is 16.8. The third-order valence-electron chi connectivity index (χ3n) is 5.08. The number of aromatic nitrogens is 5. The summed E-state index contributed by atoms with van der Waals surface area (Å²) < 4.78 is 3.82. The summed E-state index contributed by atoms with van der Waals surface area (Å²) in [5.74, 6) is 0.591. The van der Waals surface area contributed by atoms with Crippen molar-refractivity contribution in [2.75, 3.05) is 5.32 Å². The Morgan fingerprint density at radius 2 is 2.04 bits per heavy atom. The molecule has 0 aliphatic heterocycles. The number of hydrogen-bond donors (Lipinski definition) is 1. The maximum atomic E-state index is 12.9. The van der Waals surface area contributed by atoms with Crippen LogP contribution in [0.25, 0.3) is 11.0 Å². The highest BCUT2D eigenvalue weighted by atomic mass is 16.1. The summed E-state index contributed by atoms with van der Waals surface area (Å²) in [5, 5.41) is 12.7. The van der Waals surface area contributed by atoms with Gasteiger partial charge in [-0.2, -0.15) is 10.2 Å². The van der Waals surface area contributed by atoms with Gasteiger partial charge in [0, 0.05) is 17.5 Å². The summed E-state index contributed by atoms with van der Waals surface area (Å²) >= 11 is 0. The lowest BCUT2D eigenvalue weighted by Gasteiger charge is -2.15. The molecule has 3 aromatic rings. The van der Waals surface area contributed by atoms with Gasteiger partial charge >= 0.3 is 0 Å². The normalized spacial score (nSPS) is 15.2. The largest absolute Gasteiger partial charge is 0.307 e. The molecule has 0 saturated heterocycles. The molecule has 136 valence electrons. The zero-order valence-corrected chi connectivity index (χ0v) is 15.4. The van der Waals surface area contributed by atoms with Crippen LogP contribution in [0.1, 0.15) is 67.7 Å². The lowest BCUT2D eigenvalue weighted by molar-refractivity contribution is 0.102. The maximum Gasteiger partial charge on any atom is 0.258 e. The number of pyridine rings is 1. The van der Waals surface area contributed by atoms with Gasteiger partial charge in [0.15, 0.2) is 5.65 Å². The van der Waals surface area contributed by atoms with Crippen molar-refractivity contribution in [3.63, 3.8) is 0 Å². The van der Waals surface area contributed by atoms with Crippen LogP contribution in [0.15, 0.2) is 24.5 Å². The molecule has 7 nitrogen and oxygen atoms in total. The van der Waals surface area contributed by atoms with Crippen molar-refractivity contribution in [1.82, 2.24) is 24.5 Å². The Morgan fingerprint density at radius 1 is 1.27 bits per heavy atom. The van der Waals surface area contributed by atoms with Crippen LogP contribution < -0.4 is 5.32 Å². The van der Waals surface area contributed by atoms with Crippen LogP contribution in [0.2, 0.25) is 0 Å². The van der Waals surface area contributed by atoms with E-state index in [4.69, 9.17) is 0 Å². The summed E-state index contributed by atoms with van der Waals surface area (Å²) in [5.41, 5.74) is 2.08. The third kappa shape index (κ3) is 2.87. The summed E-state index contributed by atoms with van der Waals surface area (Å²) in [6.45, 7) is 5.99. The smallest absolute Gasteiger partial charge is 0.258 e. The van der Waals surface area contributed by atoms with Crippen LogP contribution in [0, 0.1) is 6.92 Å². The molecule has 0 bridgehead atoms. The molecule has 0 spiro atoms. The number of carbonyl (C=O) groups excluding carboxylic acids is 1. The van der Waals surface area contributed by atoms with E-state index in [-0.39, 0.29) is 11.9 Å². The van der Waals surface area contributed by atoms with E-state index in [1.165, 1.54) is 12.8 Å². The van der Waals surface area contributed by atoms with Gasteiger partial charge < -0.3 is 5.32 Å². The first-order chi connectivity index (χ1) is 12.5. The quantitative estimate of drug-likeness (QED) is 0.773. The lowest BCUT2D eigenvalue weighted by atomic mass is 10.1. The Morgan fingerprint density at radius 3 is 2.77 bits per heavy atom. The van der Waals surface area contributed by atoms with Crippen LogP contribution in [-0.4, -0.2) is 30.5 Å². The van der Waals surface area contributed by atoms with Gasteiger partial charge in [-0.05, 0) is 39.7 Å². The highest BCUT2D eigenvalue weighted by molar-refractivity contribution is 6.06. The topological polar surface area (TPSA) is 77.6 Å². The number of hydrogen-bond acceptors (Lipinski definition) is 4. The molecule has 0 aromatic carbocycles. The number of carbonyl (C=O) groups is 1. The average molecular weight is 352 g/mol. The molecule has 0 radical (unpaired) electrons. The van der Waals surface area contributed by atoms with Crippen molar-refractivity contribution < 1.29 is 4.79 Å². The molecule has 0 unspecified atom stereocenters. The maximum absolute atomic E-state index is 12.9. The fraction of sp³-hybridized carbons (Fsp3) is 0.474. The van der Waals surface area contributed by atoms with Crippen molar-refractivity contribution in [3.05, 3.63) is 35.8 Å². The summed E-state index contributed by atoms with van der Waals surface area (Å²) in [6, 6.07) is 4.33. The molecule has 26 heavy (non-hydrogen) atoms. The first-order valence-electron chi connectivity index (χ1n) is 9.24. The van der Waals surface area contributed by atoms with Gasteiger partial charge in [-0.15, -0.1) is 0 Å². The van der Waals surface area contributed by atoms with Crippen molar-refractivity contribution in [2.45, 2.75) is 58.5 Å². The minimum absolute atomic E-state index is 0.158. The van der Waals surface area contributed by atoms with E-state index < -0.39 is 0 Å². The fourth-order valence-corrected chi connectivity index (χ4v) is 3.71. The number of nitrogens with zero attached hydrogens (tertiary/aromatic N) is 5. The molecule has 7 heteroatoms. The SMILES string of the molecule is Cc1nc2c(cnn2C(C)C)cc1C(=O)Nc1ccnn1C1CCCC1. The predicted molar refractivity (Wildman–Crippen MR) is 100 cm³/mol. The van der Waals surface area contributed by atoms with E-state index in [1.807, 2.05) is 28.4 Å². The average Bonchev–Trinajstić information content (AvgIpc) is 3.33. The second kappa shape index (κ2) is 6.55. The molecular weight excluding hydrogens is 328 g/mol. The van der Waals surface area contributed by atoms with Gasteiger partial charge in [0.2, 0.25) is 0 Å².